The maximum absolute atomic E-state index is 6.31. The Morgan fingerprint density at radius 3 is 2.10 bits per heavy atom. The van der Waals surface area contributed by atoms with Crippen LogP contribution in [0.5, 0.6) is 5.75 Å². The molecular weight excluding hydrogens is 270 g/mol. The van der Waals surface area contributed by atoms with Crippen LogP contribution in [0.2, 0.25) is 5.02 Å². The fourth-order valence-corrected chi connectivity index (χ4v) is 2.87. The lowest BCUT2D eigenvalue weighted by Crippen LogP contribution is -2.05. The molecule has 0 aliphatic heterocycles. The van der Waals surface area contributed by atoms with Crippen molar-refractivity contribution in [1.29, 1.82) is 0 Å². The van der Waals surface area contributed by atoms with Crippen molar-refractivity contribution >= 4 is 11.6 Å². The second-order valence-electron chi connectivity index (χ2n) is 5.17. The van der Waals surface area contributed by atoms with E-state index >= 15 is 0 Å². The first-order chi connectivity index (χ1) is 9.43. The third kappa shape index (κ3) is 2.82. The lowest BCUT2D eigenvalue weighted by molar-refractivity contribution is 0.408. The molecule has 0 saturated heterocycles. The Hall–Kier alpha value is -1.51. The molecule has 2 rings (SSSR count). The van der Waals surface area contributed by atoms with Gasteiger partial charge in [0.15, 0.2) is 0 Å². The van der Waals surface area contributed by atoms with Crippen LogP contribution < -0.4 is 10.5 Å². The van der Waals surface area contributed by atoms with Crippen molar-refractivity contribution in [3.8, 4) is 16.9 Å². The average Bonchev–Trinajstić information content (AvgIpc) is 2.37. The normalized spacial score (nSPS) is 12.3. The van der Waals surface area contributed by atoms with E-state index in [2.05, 4.69) is 18.2 Å². The summed E-state index contributed by atoms with van der Waals surface area (Å²) < 4.78 is 5.40. The zero-order valence-corrected chi connectivity index (χ0v) is 13.1. The number of hydrogen-bond donors (Lipinski definition) is 1. The lowest BCUT2D eigenvalue weighted by atomic mass is 9.98. The van der Waals surface area contributed by atoms with E-state index in [1.807, 2.05) is 32.9 Å². The van der Waals surface area contributed by atoms with Gasteiger partial charge in [-0.3, -0.25) is 0 Å². The topological polar surface area (TPSA) is 35.2 Å². The van der Waals surface area contributed by atoms with Gasteiger partial charge in [-0.1, -0.05) is 23.7 Å². The van der Waals surface area contributed by atoms with Gasteiger partial charge in [0.1, 0.15) is 5.75 Å². The quantitative estimate of drug-likeness (QED) is 0.892. The number of halogens is 1. The summed E-state index contributed by atoms with van der Waals surface area (Å²) in [4.78, 5) is 0. The van der Waals surface area contributed by atoms with Gasteiger partial charge in [0.25, 0.3) is 0 Å². The summed E-state index contributed by atoms with van der Waals surface area (Å²) in [5.74, 6) is 0.937. The van der Waals surface area contributed by atoms with Gasteiger partial charge in [0.05, 0.1) is 7.11 Å². The van der Waals surface area contributed by atoms with E-state index in [1.54, 1.807) is 7.11 Å². The molecule has 0 aliphatic rings. The van der Waals surface area contributed by atoms with Crippen LogP contribution in [0.15, 0.2) is 30.3 Å². The molecule has 2 aromatic rings. The van der Waals surface area contributed by atoms with Gasteiger partial charge in [-0.2, -0.15) is 0 Å². The number of ether oxygens (including phenoxy) is 1. The van der Waals surface area contributed by atoms with Crippen LogP contribution in [0.4, 0.5) is 0 Å². The maximum atomic E-state index is 6.31. The van der Waals surface area contributed by atoms with Crippen LogP contribution >= 0.6 is 11.6 Å². The van der Waals surface area contributed by atoms with Gasteiger partial charge in [0, 0.05) is 11.1 Å². The van der Waals surface area contributed by atoms with Gasteiger partial charge < -0.3 is 10.5 Å². The second-order valence-corrected chi connectivity index (χ2v) is 5.58. The van der Waals surface area contributed by atoms with Crippen LogP contribution in [-0.2, 0) is 0 Å². The third-order valence-electron chi connectivity index (χ3n) is 3.49. The number of hydrogen-bond acceptors (Lipinski definition) is 2. The predicted molar refractivity (Wildman–Crippen MR) is 85.5 cm³/mol. The van der Waals surface area contributed by atoms with Crippen molar-refractivity contribution in [1.82, 2.24) is 0 Å². The Labute approximate surface area is 125 Å². The standard InChI is InChI=1S/C17H20ClNO/c1-10-7-14(8-11(2)17(10)20-4)13-5-6-15(12(3)19)16(18)9-13/h5-9,12H,19H2,1-4H3. The monoisotopic (exact) mass is 289 g/mol. The first kappa shape index (κ1) is 14.9. The van der Waals surface area contributed by atoms with E-state index in [9.17, 15) is 0 Å². The Morgan fingerprint density at radius 2 is 1.65 bits per heavy atom. The Kier molecular flexibility index (Phi) is 4.36. The maximum Gasteiger partial charge on any atom is 0.124 e. The highest BCUT2D eigenvalue weighted by Gasteiger charge is 2.10. The SMILES string of the molecule is COc1c(C)cc(-c2ccc(C(C)N)c(Cl)c2)cc1C. The van der Waals surface area contributed by atoms with Crippen molar-refractivity contribution < 1.29 is 4.74 Å². The van der Waals surface area contributed by atoms with E-state index in [1.165, 1.54) is 0 Å². The van der Waals surface area contributed by atoms with Crippen molar-refractivity contribution in [3.05, 3.63) is 52.0 Å². The molecule has 0 bridgehead atoms. The zero-order chi connectivity index (χ0) is 14.9. The molecule has 0 aliphatic carbocycles. The van der Waals surface area contributed by atoms with Crippen molar-refractivity contribution in [2.75, 3.05) is 7.11 Å². The van der Waals surface area contributed by atoms with Crippen molar-refractivity contribution in [3.63, 3.8) is 0 Å². The number of methoxy groups -OCH3 is 1. The van der Waals surface area contributed by atoms with Gasteiger partial charge in [-0.15, -0.1) is 0 Å². The molecule has 0 fully saturated rings. The summed E-state index contributed by atoms with van der Waals surface area (Å²) in [7, 11) is 1.70. The molecule has 20 heavy (non-hydrogen) atoms. The lowest BCUT2D eigenvalue weighted by Gasteiger charge is -2.13. The molecule has 2 aromatic carbocycles. The molecule has 0 spiro atoms. The van der Waals surface area contributed by atoms with Gasteiger partial charge >= 0.3 is 0 Å². The largest absolute Gasteiger partial charge is 0.496 e. The minimum absolute atomic E-state index is 0.0594. The summed E-state index contributed by atoms with van der Waals surface area (Å²) in [6, 6.07) is 10.2. The molecule has 1 unspecified atom stereocenters. The van der Waals surface area contributed by atoms with Gasteiger partial charge in [0.2, 0.25) is 0 Å². The van der Waals surface area contributed by atoms with Crippen LogP contribution in [0.1, 0.15) is 29.7 Å². The van der Waals surface area contributed by atoms with E-state index in [0.29, 0.717) is 5.02 Å². The molecule has 0 heterocycles. The minimum Gasteiger partial charge on any atom is -0.496 e. The minimum atomic E-state index is -0.0594. The Balaban J connectivity index is 2.50. The van der Waals surface area contributed by atoms with Crippen molar-refractivity contribution in [2.24, 2.45) is 5.73 Å². The highest BCUT2D eigenvalue weighted by molar-refractivity contribution is 6.31. The summed E-state index contributed by atoms with van der Waals surface area (Å²) in [6.45, 7) is 6.03. The number of nitrogens with two attached hydrogens (primary N) is 1. The zero-order valence-electron chi connectivity index (χ0n) is 12.3. The number of benzene rings is 2. The summed E-state index contributed by atoms with van der Waals surface area (Å²) in [5, 5.41) is 0.712. The molecule has 0 saturated carbocycles. The van der Waals surface area contributed by atoms with Gasteiger partial charge in [-0.25, -0.2) is 0 Å². The first-order valence-corrected chi connectivity index (χ1v) is 7.02. The average molecular weight is 290 g/mol. The van der Waals surface area contributed by atoms with E-state index in [-0.39, 0.29) is 6.04 Å². The first-order valence-electron chi connectivity index (χ1n) is 6.64. The third-order valence-corrected chi connectivity index (χ3v) is 3.82. The number of aryl methyl sites for hydroxylation is 2. The Bertz CT molecular complexity index is 612. The molecular formula is C17H20ClNO. The van der Waals surface area contributed by atoms with Crippen LogP contribution in [0.3, 0.4) is 0 Å². The fourth-order valence-electron chi connectivity index (χ4n) is 2.51. The summed E-state index contributed by atoms with van der Waals surface area (Å²) >= 11 is 6.31. The molecule has 2 N–H and O–H groups in total. The van der Waals surface area contributed by atoms with Gasteiger partial charge in [-0.05, 0) is 66.8 Å². The van der Waals surface area contributed by atoms with Crippen LogP contribution in [0, 0.1) is 13.8 Å². The second kappa shape index (κ2) is 5.86. The fraction of sp³-hybridized carbons (Fsp3) is 0.294. The highest BCUT2D eigenvalue weighted by Crippen LogP contribution is 2.32. The Morgan fingerprint density at radius 1 is 1.05 bits per heavy atom. The molecule has 3 heteroatoms. The molecule has 106 valence electrons. The van der Waals surface area contributed by atoms with E-state index < -0.39 is 0 Å². The highest BCUT2D eigenvalue weighted by atomic mass is 35.5. The number of rotatable bonds is 3. The molecule has 0 radical (unpaired) electrons. The van der Waals surface area contributed by atoms with Crippen molar-refractivity contribution in [2.45, 2.75) is 26.8 Å². The van der Waals surface area contributed by atoms with E-state index in [4.69, 9.17) is 22.1 Å². The van der Waals surface area contributed by atoms with E-state index in [0.717, 1.165) is 33.6 Å². The molecule has 2 nitrogen and oxygen atoms in total. The summed E-state index contributed by atoms with van der Waals surface area (Å²) in [6.07, 6.45) is 0. The molecule has 1 atom stereocenters. The van der Waals surface area contributed by atoms with Crippen LogP contribution in [0.25, 0.3) is 11.1 Å². The smallest absolute Gasteiger partial charge is 0.124 e. The molecule has 0 aromatic heterocycles. The summed E-state index contributed by atoms with van der Waals surface area (Å²) in [5.41, 5.74) is 11.3. The van der Waals surface area contributed by atoms with Crippen LogP contribution in [-0.4, -0.2) is 7.11 Å². The predicted octanol–water partition coefficient (Wildman–Crippen LogP) is 4.65. The molecule has 0 amide bonds.